The fourth-order valence-corrected chi connectivity index (χ4v) is 3.81. The number of methoxy groups -OCH3 is 1. The van der Waals surface area contributed by atoms with Gasteiger partial charge in [-0.1, -0.05) is 0 Å². The molecule has 170 valence electrons. The van der Waals surface area contributed by atoms with Crippen LogP contribution in [-0.4, -0.2) is 87.8 Å². The summed E-state index contributed by atoms with van der Waals surface area (Å²) in [6.45, 7) is 5.77. The molecular formula is C20H33Cl2N5O3. The molecule has 0 atom stereocenters. The van der Waals surface area contributed by atoms with Gasteiger partial charge in [0.05, 0.1) is 7.11 Å². The lowest BCUT2D eigenvalue weighted by molar-refractivity contribution is -0.138. The minimum atomic E-state index is -0.288. The molecule has 0 spiro atoms. The molecule has 3 rings (SSSR count). The Bertz CT molecular complexity index is 663. The van der Waals surface area contributed by atoms with Gasteiger partial charge in [0.1, 0.15) is 6.54 Å². The van der Waals surface area contributed by atoms with Crippen molar-refractivity contribution >= 4 is 48.2 Å². The number of benzene rings is 1. The number of piperazine rings is 1. The van der Waals surface area contributed by atoms with Gasteiger partial charge >= 0.3 is 12.0 Å². The van der Waals surface area contributed by atoms with E-state index in [9.17, 15) is 9.59 Å². The van der Waals surface area contributed by atoms with Crippen molar-refractivity contribution in [3.63, 3.8) is 0 Å². The van der Waals surface area contributed by atoms with E-state index >= 15 is 0 Å². The molecule has 2 N–H and O–H groups in total. The quantitative estimate of drug-likeness (QED) is 0.653. The van der Waals surface area contributed by atoms with E-state index in [2.05, 4.69) is 20.3 Å². The summed E-state index contributed by atoms with van der Waals surface area (Å²) in [5.41, 5.74) is 1.64. The molecule has 0 unspecified atom stereocenters. The monoisotopic (exact) mass is 461 g/mol. The van der Waals surface area contributed by atoms with Crippen LogP contribution in [-0.2, 0) is 9.53 Å². The van der Waals surface area contributed by atoms with Gasteiger partial charge in [-0.05, 0) is 50.2 Å². The first-order valence-electron chi connectivity index (χ1n) is 9.95. The fourth-order valence-electron chi connectivity index (χ4n) is 3.81. The smallest absolute Gasteiger partial charge is 0.325 e. The van der Waals surface area contributed by atoms with E-state index in [0.717, 1.165) is 50.6 Å². The van der Waals surface area contributed by atoms with E-state index in [0.29, 0.717) is 6.04 Å². The second kappa shape index (κ2) is 12.8. The first-order chi connectivity index (χ1) is 13.6. The Labute approximate surface area is 191 Å². The van der Waals surface area contributed by atoms with Gasteiger partial charge in [0, 0.05) is 50.6 Å². The average molecular weight is 462 g/mol. The SMILES string of the molecule is COC(=O)CN(C)c1ccc(NC(=O)N2CCN(C3CCNCC3)CC2)cc1.Cl.Cl. The first kappa shape index (κ1) is 26.3. The molecule has 8 nitrogen and oxygen atoms in total. The van der Waals surface area contributed by atoms with Gasteiger partial charge in [-0.25, -0.2) is 4.79 Å². The van der Waals surface area contributed by atoms with Gasteiger partial charge < -0.3 is 25.2 Å². The van der Waals surface area contributed by atoms with Crippen LogP contribution in [0.25, 0.3) is 0 Å². The molecule has 30 heavy (non-hydrogen) atoms. The number of nitrogens with one attached hydrogen (secondary N) is 2. The maximum absolute atomic E-state index is 12.6. The third-order valence-electron chi connectivity index (χ3n) is 5.58. The first-order valence-corrected chi connectivity index (χ1v) is 9.95. The van der Waals surface area contributed by atoms with Crippen molar-refractivity contribution in [3.8, 4) is 0 Å². The molecule has 2 amide bonds. The molecule has 2 saturated heterocycles. The van der Waals surface area contributed by atoms with E-state index in [-0.39, 0.29) is 43.4 Å². The highest BCUT2D eigenvalue weighted by Gasteiger charge is 2.27. The van der Waals surface area contributed by atoms with Crippen molar-refractivity contribution in [2.45, 2.75) is 18.9 Å². The van der Waals surface area contributed by atoms with Crippen LogP contribution in [0.3, 0.4) is 0 Å². The highest BCUT2D eigenvalue weighted by Crippen LogP contribution is 2.18. The largest absolute Gasteiger partial charge is 0.468 e. The van der Waals surface area contributed by atoms with Crippen LogP contribution in [0.5, 0.6) is 0 Å². The molecular weight excluding hydrogens is 429 g/mol. The number of hydrogen-bond acceptors (Lipinski definition) is 6. The number of carbonyl (C=O) groups is 2. The number of piperidine rings is 1. The van der Waals surface area contributed by atoms with E-state index in [1.807, 2.05) is 36.2 Å². The summed E-state index contributed by atoms with van der Waals surface area (Å²) in [5.74, 6) is -0.288. The molecule has 0 aromatic heterocycles. The number of esters is 1. The zero-order valence-electron chi connectivity index (χ0n) is 17.6. The lowest BCUT2D eigenvalue weighted by Gasteiger charge is -2.40. The number of anilines is 2. The Morgan fingerprint density at radius 2 is 1.70 bits per heavy atom. The maximum Gasteiger partial charge on any atom is 0.325 e. The summed E-state index contributed by atoms with van der Waals surface area (Å²) in [7, 11) is 3.20. The van der Waals surface area contributed by atoms with Gasteiger partial charge in [-0.2, -0.15) is 0 Å². The van der Waals surface area contributed by atoms with Crippen molar-refractivity contribution in [2.75, 3.05) is 70.2 Å². The Morgan fingerprint density at radius 1 is 1.10 bits per heavy atom. The summed E-state index contributed by atoms with van der Waals surface area (Å²) >= 11 is 0. The third kappa shape index (κ3) is 7.19. The van der Waals surface area contributed by atoms with Gasteiger partial charge in [-0.3, -0.25) is 9.69 Å². The maximum atomic E-state index is 12.6. The van der Waals surface area contributed by atoms with Crippen LogP contribution in [0.15, 0.2) is 24.3 Å². The van der Waals surface area contributed by atoms with E-state index in [1.165, 1.54) is 20.0 Å². The number of likely N-dealkylation sites (N-methyl/N-ethyl adjacent to an activating group) is 1. The van der Waals surface area contributed by atoms with Gasteiger partial charge in [0.25, 0.3) is 0 Å². The minimum absolute atomic E-state index is 0. The summed E-state index contributed by atoms with van der Waals surface area (Å²) in [6, 6.07) is 8.07. The normalized spacial score (nSPS) is 17.3. The fraction of sp³-hybridized carbons (Fsp3) is 0.600. The molecule has 2 aliphatic heterocycles. The molecule has 1 aromatic carbocycles. The van der Waals surface area contributed by atoms with Crippen molar-refractivity contribution in [3.05, 3.63) is 24.3 Å². The summed E-state index contributed by atoms with van der Waals surface area (Å²) in [6.07, 6.45) is 2.39. The highest BCUT2D eigenvalue weighted by molar-refractivity contribution is 5.89. The third-order valence-corrected chi connectivity index (χ3v) is 5.58. The van der Waals surface area contributed by atoms with Crippen LogP contribution in [0.1, 0.15) is 12.8 Å². The number of urea groups is 1. The molecule has 0 bridgehead atoms. The van der Waals surface area contributed by atoms with Gasteiger partial charge in [0.15, 0.2) is 0 Å². The zero-order chi connectivity index (χ0) is 19.9. The predicted octanol–water partition coefficient (Wildman–Crippen LogP) is 2.04. The molecule has 2 fully saturated rings. The molecule has 2 heterocycles. The lowest BCUT2D eigenvalue weighted by Crippen LogP contribution is -2.54. The van der Waals surface area contributed by atoms with Crippen LogP contribution in [0.4, 0.5) is 16.2 Å². The highest BCUT2D eigenvalue weighted by atomic mass is 35.5. The molecule has 2 aliphatic rings. The predicted molar refractivity (Wildman–Crippen MR) is 124 cm³/mol. The van der Waals surface area contributed by atoms with E-state index in [1.54, 1.807) is 4.90 Å². The van der Waals surface area contributed by atoms with Crippen molar-refractivity contribution in [1.29, 1.82) is 0 Å². The van der Waals surface area contributed by atoms with Gasteiger partial charge in [0.2, 0.25) is 0 Å². The molecule has 10 heteroatoms. The number of nitrogens with zero attached hydrogens (tertiary/aromatic N) is 3. The zero-order valence-corrected chi connectivity index (χ0v) is 19.3. The second-order valence-electron chi connectivity index (χ2n) is 7.41. The van der Waals surface area contributed by atoms with Gasteiger partial charge in [-0.15, -0.1) is 24.8 Å². The van der Waals surface area contributed by atoms with Crippen LogP contribution in [0.2, 0.25) is 0 Å². The summed E-state index contributed by atoms with van der Waals surface area (Å²) in [5, 5.41) is 6.38. The Morgan fingerprint density at radius 3 is 2.27 bits per heavy atom. The summed E-state index contributed by atoms with van der Waals surface area (Å²) < 4.78 is 4.68. The topological polar surface area (TPSA) is 77.2 Å². The Balaban J connectivity index is 0.00000225. The molecule has 1 aromatic rings. The number of amides is 2. The Hall–Kier alpha value is -1.74. The number of carbonyl (C=O) groups excluding carboxylic acids is 2. The van der Waals surface area contributed by atoms with Crippen LogP contribution < -0.4 is 15.5 Å². The number of hydrogen-bond donors (Lipinski definition) is 2. The minimum Gasteiger partial charge on any atom is -0.468 e. The molecule has 0 saturated carbocycles. The van der Waals surface area contributed by atoms with Crippen molar-refractivity contribution in [2.24, 2.45) is 0 Å². The number of halogens is 2. The van der Waals surface area contributed by atoms with Crippen molar-refractivity contribution in [1.82, 2.24) is 15.1 Å². The molecule has 0 radical (unpaired) electrons. The lowest BCUT2D eigenvalue weighted by atomic mass is 10.0. The van der Waals surface area contributed by atoms with E-state index < -0.39 is 0 Å². The van der Waals surface area contributed by atoms with E-state index in [4.69, 9.17) is 0 Å². The standard InChI is InChI=1S/C20H31N5O3.2ClH/c1-23(15-19(26)28-2)17-5-3-16(4-6-17)22-20(27)25-13-11-24(12-14-25)18-7-9-21-10-8-18;;/h3-6,18,21H,7-15H2,1-2H3,(H,22,27);2*1H. The second-order valence-corrected chi connectivity index (χ2v) is 7.41. The van der Waals surface area contributed by atoms with Crippen molar-refractivity contribution < 1.29 is 14.3 Å². The average Bonchev–Trinajstić information content (AvgIpc) is 2.74. The number of rotatable bonds is 5. The van der Waals surface area contributed by atoms with Crippen LogP contribution >= 0.6 is 24.8 Å². The molecule has 0 aliphatic carbocycles. The number of ether oxygens (including phenoxy) is 1. The summed E-state index contributed by atoms with van der Waals surface area (Å²) in [4.78, 5) is 30.2. The Kier molecular flexibility index (Phi) is 11.3. The van der Waals surface area contributed by atoms with Crippen LogP contribution in [0, 0.1) is 0 Å².